The van der Waals surface area contributed by atoms with Crippen molar-refractivity contribution in [2.75, 3.05) is 32.6 Å². The van der Waals surface area contributed by atoms with Crippen LogP contribution in [-0.4, -0.2) is 63.2 Å². The fourth-order valence-corrected chi connectivity index (χ4v) is 5.51. The van der Waals surface area contributed by atoms with Crippen molar-refractivity contribution in [3.8, 4) is 6.07 Å². The first-order chi connectivity index (χ1) is 21.2. The van der Waals surface area contributed by atoms with E-state index in [-0.39, 0.29) is 35.3 Å². The highest BCUT2D eigenvalue weighted by atomic mass is 35.5. The maximum absolute atomic E-state index is 13.6. The highest BCUT2D eigenvalue weighted by Crippen LogP contribution is 2.43. The zero-order valence-electron chi connectivity index (χ0n) is 25.5. The summed E-state index contributed by atoms with van der Waals surface area (Å²) in [5.74, 6) is 0.106. The van der Waals surface area contributed by atoms with Gasteiger partial charge >= 0.3 is 17.8 Å². The smallest absolute Gasteiger partial charge is 0.416 e. The Morgan fingerprint density at radius 2 is 1.91 bits per heavy atom. The van der Waals surface area contributed by atoms with Crippen LogP contribution >= 0.6 is 0 Å². The molecule has 1 aliphatic rings. The van der Waals surface area contributed by atoms with Crippen LogP contribution in [0, 0.1) is 18.3 Å². The zero-order valence-corrected chi connectivity index (χ0v) is 26.3. The van der Waals surface area contributed by atoms with Gasteiger partial charge in [-0.15, -0.1) is 15.3 Å². The fraction of sp³-hybridized carbons (Fsp3) is 0.333. The Morgan fingerprint density at radius 1 is 1.17 bits per heavy atom. The number of aromatic nitrogens is 5. The maximum atomic E-state index is 13.6. The second kappa shape index (κ2) is 12.8. The standard InChI is InChI=1S/C30H29F3N8O4.ClH/c1-17-25(27(42)44-5)26(40-28(37-38-29(40)43)39(17)22-8-6-7-21(14-22)30(31,32)33)23-10-9-19(15-34)13-20(23)11-12-41(3,4)16-24-36-35-18(2)45-24;/h6-10,13-14,26H,11-12,16H2,1-5H3;1H/t26-;/m1./s1. The number of quaternary nitrogens is 1. The highest BCUT2D eigenvalue weighted by molar-refractivity contribution is 5.93. The van der Waals surface area contributed by atoms with E-state index in [1.807, 2.05) is 14.1 Å². The fourth-order valence-electron chi connectivity index (χ4n) is 5.51. The Morgan fingerprint density at radius 3 is 2.54 bits per heavy atom. The Kier molecular flexibility index (Phi) is 9.46. The van der Waals surface area contributed by atoms with Gasteiger partial charge in [-0.3, -0.25) is 4.90 Å². The zero-order chi connectivity index (χ0) is 32.7. The number of ether oxygens (including phenoxy) is 1. The lowest BCUT2D eigenvalue weighted by Crippen LogP contribution is -3.00. The van der Waals surface area contributed by atoms with Crippen molar-refractivity contribution in [2.45, 2.75) is 39.0 Å². The molecule has 0 spiro atoms. The van der Waals surface area contributed by atoms with Gasteiger partial charge in [-0.05, 0) is 48.4 Å². The molecule has 16 heteroatoms. The second-order valence-electron chi connectivity index (χ2n) is 11.3. The van der Waals surface area contributed by atoms with E-state index >= 15 is 0 Å². The SMILES string of the molecule is COC(=O)C1=C(C)N(c2cccc(C(F)(F)F)c2)c2n[nH]c(=O)n2[C@@H]1c1ccc(C#N)cc1CC[N+](C)(C)Cc1nnc(C)o1.[Cl-]. The van der Waals surface area contributed by atoms with Crippen LogP contribution in [0.5, 0.6) is 0 Å². The molecule has 0 bridgehead atoms. The van der Waals surface area contributed by atoms with E-state index in [1.165, 1.54) is 28.7 Å². The van der Waals surface area contributed by atoms with Crippen molar-refractivity contribution in [1.29, 1.82) is 5.26 Å². The van der Waals surface area contributed by atoms with Crippen LogP contribution in [0.1, 0.15) is 47.0 Å². The summed E-state index contributed by atoms with van der Waals surface area (Å²) in [6.07, 6.45) is -4.22. The number of aryl methyl sites for hydroxylation is 1. The monoisotopic (exact) mass is 658 g/mol. The van der Waals surface area contributed by atoms with E-state index in [0.29, 0.717) is 52.5 Å². The summed E-state index contributed by atoms with van der Waals surface area (Å²) in [5.41, 5.74) is 0.237. The molecule has 0 radical (unpaired) electrons. The number of alkyl halides is 3. The minimum absolute atomic E-state index is 0. The molecule has 1 N–H and O–H groups in total. The normalized spacial score (nSPS) is 14.8. The third kappa shape index (κ3) is 6.53. The molecular formula is C30H30ClF3N8O4. The van der Waals surface area contributed by atoms with Crippen LogP contribution in [0.4, 0.5) is 24.8 Å². The molecule has 0 saturated heterocycles. The lowest BCUT2D eigenvalue weighted by molar-refractivity contribution is -0.904. The molecule has 2 aromatic carbocycles. The number of nitrogens with zero attached hydrogens (tertiary/aromatic N) is 7. The van der Waals surface area contributed by atoms with Gasteiger partial charge in [-0.25, -0.2) is 19.3 Å². The summed E-state index contributed by atoms with van der Waals surface area (Å²) in [6, 6.07) is 10.5. The molecule has 0 fully saturated rings. The molecule has 1 atom stereocenters. The first-order valence-corrected chi connectivity index (χ1v) is 13.8. The Hall–Kier alpha value is -4.94. The first-order valence-electron chi connectivity index (χ1n) is 13.8. The third-order valence-corrected chi connectivity index (χ3v) is 7.66. The average Bonchev–Trinajstić information content (AvgIpc) is 3.58. The Bertz CT molecular complexity index is 1900. The predicted molar refractivity (Wildman–Crippen MR) is 154 cm³/mol. The molecule has 46 heavy (non-hydrogen) atoms. The lowest BCUT2D eigenvalue weighted by atomic mass is 9.89. The molecule has 12 nitrogen and oxygen atoms in total. The number of aromatic amines is 1. The first kappa shape index (κ1) is 33.9. The van der Waals surface area contributed by atoms with E-state index in [4.69, 9.17) is 9.15 Å². The molecule has 0 unspecified atom stereocenters. The summed E-state index contributed by atoms with van der Waals surface area (Å²) in [5, 5.41) is 24.2. The van der Waals surface area contributed by atoms with Crippen LogP contribution in [0.3, 0.4) is 0 Å². The maximum Gasteiger partial charge on any atom is 0.416 e. The molecular weight excluding hydrogens is 629 g/mol. The Balaban J connectivity index is 0.00000480. The van der Waals surface area contributed by atoms with Gasteiger partial charge in [0.25, 0.3) is 5.89 Å². The van der Waals surface area contributed by atoms with E-state index in [9.17, 15) is 28.0 Å². The van der Waals surface area contributed by atoms with Gasteiger partial charge in [0.05, 0.1) is 50.5 Å². The highest BCUT2D eigenvalue weighted by Gasteiger charge is 2.41. The number of hydrogen-bond acceptors (Lipinski definition) is 9. The van der Waals surface area contributed by atoms with Crippen LogP contribution in [0.15, 0.2) is 62.9 Å². The molecule has 4 aromatic rings. The number of nitriles is 1. The molecule has 0 aliphatic carbocycles. The molecule has 0 amide bonds. The van der Waals surface area contributed by atoms with Gasteiger partial charge in [0.15, 0.2) is 6.54 Å². The predicted octanol–water partition coefficient (Wildman–Crippen LogP) is 1.16. The van der Waals surface area contributed by atoms with Crippen molar-refractivity contribution < 1.29 is 44.0 Å². The van der Waals surface area contributed by atoms with Crippen molar-refractivity contribution in [2.24, 2.45) is 0 Å². The number of rotatable bonds is 8. The number of halogens is 4. The van der Waals surface area contributed by atoms with Crippen LogP contribution in [0.2, 0.25) is 0 Å². The summed E-state index contributed by atoms with van der Waals surface area (Å²) in [7, 11) is 5.13. The van der Waals surface area contributed by atoms with Crippen LogP contribution < -0.4 is 23.0 Å². The number of benzene rings is 2. The molecule has 3 heterocycles. The van der Waals surface area contributed by atoms with Gasteiger partial charge in [-0.1, -0.05) is 12.1 Å². The molecule has 2 aromatic heterocycles. The van der Waals surface area contributed by atoms with Crippen molar-refractivity contribution in [1.82, 2.24) is 25.0 Å². The number of esters is 1. The average molecular weight is 659 g/mol. The van der Waals surface area contributed by atoms with Gasteiger partial charge in [0.2, 0.25) is 11.8 Å². The quantitative estimate of drug-likeness (QED) is 0.218. The number of hydrogen-bond donors (Lipinski definition) is 1. The minimum atomic E-state index is -4.63. The third-order valence-electron chi connectivity index (χ3n) is 7.66. The number of anilines is 2. The summed E-state index contributed by atoms with van der Waals surface area (Å²) >= 11 is 0. The van der Waals surface area contributed by atoms with E-state index < -0.39 is 29.4 Å². The minimum Gasteiger partial charge on any atom is -1.00 e. The van der Waals surface area contributed by atoms with Gasteiger partial charge in [0, 0.05) is 24.7 Å². The number of carbonyl (C=O) groups is 1. The second-order valence-corrected chi connectivity index (χ2v) is 11.3. The van der Waals surface area contributed by atoms with Crippen molar-refractivity contribution in [3.63, 3.8) is 0 Å². The van der Waals surface area contributed by atoms with Crippen molar-refractivity contribution >= 4 is 17.6 Å². The summed E-state index contributed by atoms with van der Waals surface area (Å²) in [6.45, 7) is 4.23. The number of fused-ring (bicyclic) bond motifs is 1. The lowest BCUT2D eigenvalue weighted by Gasteiger charge is -2.36. The number of methoxy groups -OCH3 is 1. The van der Waals surface area contributed by atoms with Gasteiger partial charge in [0.1, 0.15) is 6.04 Å². The summed E-state index contributed by atoms with van der Waals surface area (Å²) < 4.78 is 53.3. The van der Waals surface area contributed by atoms with Gasteiger partial charge < -0.3 is 26.0 Å². The topological polar surface area (TPSA) is 143 Å². The number of allylic oxidation sites excluding steroid dienone is 1. The number of nitrogens with one attached hydrogen (secondary N) is 1. The van der Waals surface area contributed by atoms with E-state index in [1.54, 1.807) is 32.0 Å². The largest absolute Gasteiger partial charge is 1.00 e. The molecule has 5 rings (SSSR count). The number of likely N-dealkylation sites (N-methyl/N-ethyl adjacent to an activating group) is 1. The van der Waals surface area contributed by atoms with E-state index in [0.717, 1.165) is 12.1 Å². The molecule has 0 saturated carbocycles. The molecule has 242 valence electrons. The van der Waals surface area contributed by atoms with E-state index in [2.05, 4.69) is 26.5 Å². The number of H-pyrrole nitrogens is 1. The Labute approximate surface area is 267 Å². The van der Waals surface area contributed by atoms with Crippen molar-refractivity contribution in [3.05, 3.63) is 98.3 Å². The van der Waals surface area contributed by atoms with Gasteiger partial charge in [-0.2, -0.15) is 18.4 Å². The van der Waals surface area contributed by atoms with Crippen LogP contribution in [-0.2, 0) is 28.7 Å². The summed E-state index contributed by atoms with van der Waals surface area (Å²) in [4.78, 5) is 28.1. The number of carbonyl (C=O) groups excluding carboxylic acids is 1. The van der Waals surface area contributed by atoms with Crippen LogP contribution in [0.25, 0.3) is 0 Å². The molecule has 1 aliphatic heterocycles.